The Kier molecular flexibility index (Phi) is 4.88. The summed E-state index contributed by atoms with van der Waals surface area (Å²) in [6, 6.07) is 0. The van der Waals surface area contributed by atoms with Crippen LogP contribution in [-0.4, -0.2) is 39.3 Å². The van der Waals surface area contributed by atoms with Crippen molar-refractivity contribution in [1.29, 1.82) is 0 Å². The van der Waals surface area contributed by atoms with Crippen LogP contribution >= 0.6 is 0 Å². The molecule has 3 N–H and O–H groups in total. The summed E-state index contributed by atoms with van der Waals surface area (Å²) in [7, 11) is 0. The van der Waals surface area contributed by atoms with E-state index in [-0.39, 0.29) is 29.0 Å². The van der Waals surface area contributed by atoms with Crippen LogP contribution in [0.25, 0.3) is 0 Å². The van der Waals surface area contributed by atoms with Gasteiger partial charge in [0.2, 0.25) is 0 Å². The number of Topliss-reactive ketones (excluding diaryl/α,β-unsaturated/α-hetero) is 1. The number of rotatable bonds is 3. The Balaban J connectivity index is 2.27. The Morgan fingerprint density at radius 3 is 2.48 bits per heavy atom. The van der Waals surface area contributed by atoms with Gasteiger partial charge in [-0.05, 0) is 48.3 Å². The van der Waals surface area contributed by atoms with Crippen LogP contribution in [0.2, 0.25) is 0 Å². The lowest BCUT2D eigenvalue weighted by Gasteiger charge is -2.63. The molecule has 5 nitrogen and oxygen atoms in total. The van der Waals surface area contributed by atoms with Gasteiger partial charge in [-0.25, -0.2) is 4.79 Å². The molecule has 0 heterocycles. The Morgan fingerprint density at radius 1 is 1.30 bits per heavy atom. The zero-order chi connectivity index (χ0) is 20.4. The van der Waals surface area contributed by atoms with Crippen LogP contribution in [-0.2, 0) is 9.59 Å². The fourth-order valence-electron chi connectivity index (χ4n) is 7.11. The number of hydrogen-bond donors (Lipinski definition) is 3. The van der Waals surface area contributed by atoms with Gasteiger partial charge in [0.15, 0.2) is 6.10 Å². The van der Waals surface area contributed by atoms with Crippen LogP contribution < -0.4 is 0 Å². The predicted octanol–water partition coefficient (Wildman–Crippen LogP) is 3.04. The lowest BCUT2D eigenvalue weighted by atomic mass is 9.41. The third kappa shape index (κ3) is 2.57. The highest BCUT2D eigenvalue weighted by molar-refractivity contribution is 5.86. The average molecular weight is 379 g/mol. The summed E-state index contributed by atoms with van der Waals surface area (Å²) in [6.07, 6.45) is 2.67. The van der Waals surface area contributed by atoms with Gasteiger partial charge in [-0.3, -0.25) is 4.79 Å². The van der Waals surface area contributed by atoms with E-state index >= 15 is 0 Å². The van der Waals surface area contributed by atoms with E-state index in [9.17, 15) is 24.9 Å². The number of carboxylic acids is 1. The summed E-state index contributed by atoms with van der Waals surface area (Å²) in [6.45, 7) is 12.0. The maximum absolute atomic E-state index is 13.1. The van der Waals surface area contributed by atoms with Gasteiger partial charge in [-0.1, -0.05) is 33.8 Å². The number of carbonyl (C=O) groups excluding carboxylic acids is 1. The Labute approximate surface area is 161 Å². The smallest absolute Gasteiger partial charge is 0.332 e. The maximum Gasteiger partial charge on any atom is 0.332 e. The molecule has 3 saturated carbocycles. The quantitative estimate of drug-likeness (QED) is 0.656. The van der Waals surface area contributed by atoms with Crippen LogP contribution in [0.4, 0.5) is 0 Å². The summed E-state index contributed by atoms with van der Waals surface area (Å²) in [5.74, 6) is -1.99. The van der Waals surface area contributed by atoms with Crippen LogP contribution in [0.3, 0.4) is 0 Å². The van der Waals surface area contributed by atoms with Crippen molar-refractivity contribution in [1.82, 2.24) is 0 Å². The number of hydrogen-bond acceptors (Lipinski definition) is 4. The van der Waals surface area contributed by atoms with E-state index in [0.717, 1.165) is 19.3 Å². The second-order valence-electron chi connectivity index (χ2n) is 9.98. The van der Waals surface area contributed by atoms with Crippen molar-refractivity contribution >= 4 is 11.8 Å². The summed E-state index contributed by atoms with van der Waals surface area (Å²) < 4.78 is 0. The van der Waals surface area contributed by atoms with Crippen molar-refractivity contribution in [3.8, 4) is 0 Å². The highest BCUT2D eigenvalue weighted by Crippen LogP contribution is 2.69. The number of ketones is 1. The first-order valence-corrected chi connectivity index (χ1v) is 10.2. The third-order valence-electron chi connectivity index (χ3n) is 9.08. The van der Waals surface area contributed by atoms with Gasteiger partial charge < -0.3 is 15.3 Å². The minimum absolute atomic E-state index is 0.0910. The fraction of sp³-hybridized carbons (Fsp3) is 0.818. The monoisotopic (exact) mass is 378 g/mol. The standard InChI is InChI=1S/C22H34O5/c1-6-20(4)11-14(16(24)19(26)27)21(5)12(2)7-9-22(13(3)18(20)25)10-8-15(23)17(21)22/h6,12-14,16-18,24-25H,1,7-11H2,2-5H3,(H,26,27)/t12-,13-,14-,16?,17-,18-,20+,21+,22-/m0/s1. The van der Waals surface area contributed by atoms with Gasteiger partial charge in [0.1, 0.15) is 5.78 Å². The van der Waals surface area contributed by atoms with Crippen molar-refractivity contribution in [2.24, 2.45) is 39.9 Å². The molecule has 0 saturated heterocycles. The van der Waals surface area contributed by atoms with E-state index in [1.54, 1.807) is 6.08 Å². The minimum Gasteiger partial charge on any atom is -0.479 e. The molecule has 2 bridgehead atoms. The summed E-state index contributed by atoms with van der Waals surface area (Å²) in [5.41, 5.74) is -1.68. The highest BCUT2D eigenvalue weighted by atomic mass is 16.4. The molecule has 3 aliphatic rings. The van der Waals surface area contributed by atoms with Gasteiger partial charge >= 0.3 is 5.97 Å². The van der Waals surface area contributed by atoms with E-state index in [1.165, 1.54) is 0 Å². The number of aliphatic carboxylic acids is 1. The van der Waals surface area contributed by atoms with Crippen molar-refractivity contribution in [3.63, 3.8) is 0 Å². The molecule has 5 heteroatoms. The number of carboxylic acid groups (broad SMARTS) is 1. The lowest BCUT2D eigenvalue weighted by Crippen LogP contribution is -2.63. The molecule has 9 atom stereocenters. The molecule has 3 aliphatic carbocycles. The van der Waals surface area contributed by atoms with Gasteiger partial charge in [-0.2, -0.15) is 0 Å². The summed E-state index contributed by atoms with van der Waals surface area (Å²) in [5, 5.41) is 31.7. The van der Waals surface area contributed by atoms with Gasteiger partial charge in [0.05, 0.1) is 6.10 Å². The second-order valence-corrected chi connectivity index (χ2v) is 9.98. The average Bonchev–Trinajstić information content (AvgIpc) is 2.98. The molecule has 152 valence electrons. The van der Waals surface area contributed by atoms with Gasteiger partial charge in [-0.15, -0.1) is 6.58 Å². The zero-order valence-corrected chi connectivity index (χ0v) is 16.9. The lowest BCUT2D eigenvalue weighted by molar-refractivity contribution is -0.196. The molecule has 0 aliphatic heterocycles. The Hall–Kier alpha value is -1.20. The van der Waals surface area contributed by atoms with Gasteiger partial charge in [0.25, 0.3) is 0 Å². The zero-order valence-electron chi connectivity index (χ0n) is 16.9. The topological polar surface area (TPSA) is 94.8 Å². The van der Waals surface area contributed by atoms with Crippen LogP contribution in [0, 0.1) is 39.9 Å². The van der Waals surface area contributed by atoms with E-state index < -0.39 is 34.9 Å². The van der Waals surface area contributed by atoms with E-state index in [1.807, 2.05) is 20.8 Å². The van der Waals surface area contributed by atoms with Crippen molar-refractivity contribution in [2.45, 2.75) is 72.0 Å². The molecule has 3 rings (SSSR count). The van der Waals surface area contributed by atoms with E-state index in [0.29, 0.717) is 12.8 Å². The van der Waals surface area contributed by atoms with E-state index in [2.05, 4.69) is 13.5 Å². The van der Waals surface area contributed by atoms with Crippen LogP contribution in [0.15, 0.2) is 12.7 Å². The third-order valence-corrected chi connectivity index (χ3v) is 9.08. The SMILES string of the molecule is C=C[C@]1(C)C[C@@H](C(O)C(=O)O)[C@]2(C)[C@@H]3C(=O)CC[C@@]3(CC[C@@H]2C)[C@@H](C)[C@@H]1O. The largest absolute Gasteiger partial charge is 0.479 e. The van der Waals surface area contributed by atoms with Crippen molar-refractivity contribution in [2.75, 3.05) is 0 Å². The van der Waals surface area contributed by atoms with Crippen molar-refractivity contribution in [3.05, 3.63) is 12.7 Å². The number of carbonyl (C=O) groups is 2. The molecular weight excluding hydrogens is 344 g/mol. The first-order chi connectivity index (χ1) is 12.5. The molecule has 0 aromatic heterocycles. The Morgan fingerprint density at radius 2 is 1.93 bits per heavy atom. The summed E-state index contributed by atoms with van der Waals surface area (Å²) in [4.78, 5) is 24.9. The molecule has 0 aromatic carbocycles. The number of aliphatic hydroxyl groups excluding tert-OH is 2. The molecule has 3 fully saturated rings. The number of aliphatic hydroxyl groups is 2. The highest BCUT2D eigenvalue weighted by Gasteiger charge is 2.68. The molecule has 0 aromatic rings. The normalized spacial score (nSPS) is 51.0. The molecule has 0 radical (unpaired) electrons. The van der Waals surface area contributed by atoms with Gasteiger partial charge in [0, 0.05) is 23.7 Å². The van der Waals surface area contributed by atoms with Crippen LogP contribution in [0.1, 0.15) is 59.8 Å². The second kappa shape index (κ2) is 6.41. The summed E-state index contributed by atoms with van der Waals surface area (Å²) >= 11 is 0. The minimum atomic E-state index is -1.57. The first kappa shape index (κ1) is 20.5. The maximum atomic E-state index is 13.1. The molecule has 0 spiro atoms. The van der Waals surface area contributed by atoms with Crippen molar-refractivity contribution < 1.29 is 24.9 Å². The Bertz CT molecular complexity index is 659. The molecule has 27 heavy (non-hydrogen) atoms. The molecular formula is C22H34O5. The van der Waals surface area contributed by atoms with E-state index in [4.69, 9.17) is 0 Å². The fourth-order valence-corrected chi connectivity index (χ4v) is 7.11. The van der Waals surface area contributed by atoms with Crippen LogP contribution in [0.5, 0.6) is 0 Å². The first-order valence-electron chi connectivity index (χ1n) is 10.2. The molecule has 1 unspecified atom stereocenters. The molecule has 0 amide bonds. The predicted molar refractivity (Wildman–Crippen MR) is 102 cm³/mol.